The summed E-state index contributed by atoms with van der Waals surface area (Å²) in [6, 6.07) is 2.07. The highest BCUT2D eigenvalue weighted by Crippen LogP contribution is 2.50. The second kappa shape index (κ2) is 5.31. The molecule has 0 amide bonds. The molecule has 3 atom stereocenters. The molecule has 0 saturated carbocycles. The zero-order valence-electron chi connectivity index (χ0n) is 15.4. The maximum atomic E-state index is 12.4. The Morgan fingerprint density at radius 3 is 2.81 bits per heavy atom. The van der Waals surface area contributed by atoms with Gasteiger partial charge in [0, 0.05) is 23.9 Å². The van der Waals surface area contributed by atoms with Gasteiger partial charge in [-0.1, -0.05) is 19.9 Å². The van der Waals surface area contributed by atoms with E-state index in [1.807, 2.05) is 30.9 Å². The van der Waals surface area contributed by atoms with Crippen molar-refractivity contribution < 1.29 is 14.8 Å². The van der Waals surface area contributed by atoms with Crippen LogP contribution in [0.4, 0.5) is 0 Å². The van der Waals surface area contributed by atoms with E-state index in [2.05, 4.69) is 13.0 Å². The van der Waals surface area contributed by atoms with Crippen molar-refractivity contribution >= 4 is 5.78 Å². The lowest BCUT2D eigenvalue weighted by Crippen LogP contribution is -2.45. The van der Waals surface area contributed by atoms with E-state index in [0.717, 1.165) is 40.2 Å². The molecule has 7 nitrogen and oxygen atoms in total. The van der Waals surface area contributed by atoms with E-state index in [1.165, 1.54) is 0 Å². The van der Waals surface area contributed by atoms with E-state index in [-0.39, 0.29) is 23.2 Å². The van der Waals surface area contributed by atoms with E-state index in [0.29, 0.717) is 0 Å². The number of nitrogens with zero attached hydrogens (tertiary/aromatic N) is 5. The zero-order chi connectivity index (χ0) is 18.8. The molecule has 2 aliphatic carbocycles. The first-order valence-corrected chi connectivity index (χ1v) is 8.79. The van der Waals surface area contributed by atoms with Crippen LogP contribution in [0.2, 0.25) is 0 Å². The monoisotopic (exact) mass is 352 g/mol. The number of fused-ring (bicyclic) bond motifs is 3. The fourth-order valence-corrected chi connectivity index (χ4v) is 4.84. The highest BCUT2D eigenvalue weighted by molar-refractivity contribution is 6.02. The van der Waals surface area contributed by atoms with Crippen molar-refractivity contribution in [3.8, 4) is 17.3 Å². The Labute approximate surface area is 151 Å². The van der Waals surface area contributed by atoms with E-state index < -0.39 is 5.41 Å². The lowest BCUT2D eigenvalue weighted by Gasteiger charge is -2.44. The number of ketones is 1. The largest absolute Gasteiger partial charge is 0.293 e. The number of rotatable bonds is 1. The van der Waals surface area contributed by atoms with Gasteiger partial charge in [0.2, 0.25) is 0 Å². The fourth-order valence-electron chi connectivity index (χ4n) is 4.84. The molecular formula is C19H22N5O2+. The number of aryl methyl sites for hydroxylation is 2. The van der Waals surface area contributed by atoms with Crippen molar-refractivity contribution in [3.05, 3.63) is 35.3 Å². The molecule has 7 heteroatoms. The van der Waals surface area contributed by atoms with Crippen molar-refractivity contribution in [2.45, 2.75) is 32.1 Å². The topological polar surface area (TPSA) is 87.7 Å². The van der Waals surface area contributed by atoms with Crippen LogP contribution in [0.3, 0.4) is 0 Å². The quantitative estimate of drug-likeness (QED) is 0.621. The minimum absolute atomic E-state index is 0.0565. The van der Waals surface area contributed by atoms with Crippen LogP contribution in [-0.2, 0) is 30.7 Å². The molecule has 0 radical (unpaired) electrons. The Kier molecular flexibility index (Phi) is 3.38. The predicted molar refractivity (Wildman–Crippen MR) is 92.0 cm³/mol. The Hall–Kier alpha value is -2.88. The summed E-state index contributed by atoms with van der Waals surface area (Å²) in [7, 11) is 3.66. The molecule has 2 aromatic heterocycles. The van der Waals surface area contributed by atoms with Crippen LogP contribution >= 0.6 is 0 Å². The number of aromatic nitrogens is 4. The second-order valence-electron chi connectivity index (χ2n) is 7.66. The number of nitriles is 1. The second-order valence-corrected chi connectivity index (χ2v) is 7.66. The summed E-state index contributed by atoms with van der Waals surface area (Å²) in [4.78, 5) is 13.5. The van der Waals surface area contributed by atoms with Crippen LogP contribution in [0.1, 0.15) is 31.5 Å². The van der Waals surface area contributed by atoms with Gasteiger partial charge < -0.3 is 0 Å². The van der Waals surface area contributed by atoms with Gasteiger partial charge >= 0.3 is 0 Å². The van der Waals surface area contributed by atoms with Gasteiger partial charge in [-0.2, -0.15) is 10.4 Å². The van der Waals surface area contributed by atoms with Crippen molar-refractivity contribution in [1.82, 2.24) is 14.5 Å². The Balaban J connectivity index is 1.94. The highest BCUT2D eigenvalue weighted by atomic mass is 16.5. The predicted octanol–water partition coefficient (Wildman–Crippen LogP) is 1.44. The van der Waals surface area contributed by atoms with Crippen molar-refractivity contribution in [2.24, 2.45) is 25.9 Å². The first kappa shape index (κ1) is 16.6. The van der Waals surface area contributed by atoms with E-state index in [1.54, 1.807) is 17.9 Å². The van der Waals surface area contributed by atoms with Gasteiger partial charge in [0.15, 0.2) is 5.78 Å². The molecule has 0 aliphatic heterocycles. The lowest BCUT2D eigenvalue weighted by atomic mass is 9.58. The fraction of sp³-hybridized carbons (Fsp3) is 0.474. The minimum atomic E-state index is -0.439. The number of hydrogen-bond acceptors (Lipinski definition) is 4. The van der Waals surface area contributed by atoms with Crippen molar-refractivity contribution in [3.63, 3.8) is 0 Å². The molecule has 2 heterocycles. The van der Waals surface area contributed by atoms with Gasteiger partial charge in [0.1, 0.15) is 6.07 Å². The average molecular weight is 352 g/mol. The minimum Gasteiger partial charge on any atom is -0.293 e. The van der Waals surface area contributed by atoms with Gasteiger partial charge in [-0.05, 0) is 18.8 Å². The number of carbonyl (C=O) groups is 1. The summed E-state index contributed by atoms with van der Waals surface area (Å²) < 4.78 is 3.44. The number of hydrogen-bond donors (Lipinski definition) is 1. The summed E-state index contributed by atoms with van der Waals surface area (Å²) in [5.41, 5.74) is 3.73. The third kappa shape index (κ3) is 2.02. The molecule has 2 aromatic rings. The third-order valence-corrected chi connectivity index (χ3v) is 6.16. The van der Waals surface area contributed by atoms with Gasteiger partial charge in [0.25, 0.3) is 6.20 Å². The average Bonchev–Trinajstić information content (AvgIpc) is 3.10. The van der Waals surface area contributed by atoms with Crippen LogP contribution in [0.15, 0.2) is 24.0 Å². The summed E-state index contributed by atoms with van der Waals surface area (Å²) >= 11 is 0. The molecule has 26 heavy (non-hydrogen) atoms. The van der Waals surface area contributed by atoms with Crippen LogP contribution in [0, 0.1) is 23.2 Å². The molecule has 1 N–H and O–H groups in total. The van der Waals surface area contributed by atoms with E-state index >= 15 is 0 Å². The normalized spacial score (nSPS) is 27.5. The first-order valence-electron chi connectivity index (χ1n) is 8.79. The van der Waals surface area contributed by atoms with Gasteiger partial charge in [0.05, 0.1) is 40.6 Å². The summed E-state index contributed by atoms with van der Waals surface area (Å²) in [6.07, 6.45) is 7.04. The van der Waals surface area contributed by atoms with Crippen molar-refractivity contribution in [1.29, 1.82) is 5.26 Å². The third-order valence-electron chi connectivity index (χ3n) is 6.16. The molecule has 0 aromatic carbocycles. The SMILES string of the molecule is CC1C(=O)C(C#N)=CC2(C)c3nn(C)c(-c4cn(C)[n+](O)c4)c3CCC12. The van der Waals surface area contributed by atoms with Crippen LogP contribution in [-0.4, -0.2) is 25.5 Å². The highest BCUT2D eigenvalue weighted by Gasteiger charge is 2.50. The molecule has 0 spiro atoms. The molecular weight excluding hydrogens is 330 g/mol. The van der Waals surface area contributed by atoms with Crippen LogP contribution < -0.4 is 4.85 Å². The van der Waals surface area contributed by atoms with Gasteiger partial charge in [-0.15, -0.1) is 4.68 Å². The Morgan fingerprint density at radius 1 is 1.46 bits per heavy atom. The number of Topliss-reactive ketones (excluding diaryl/α,β-unsaturated/α-hetero) is 1. The Bertz CT molecular complexity index is 987. The first-order chi connectivity index (χ1) is 12.3. The van der Waals surface area contributed by atoms with Crippen molar-refractivity contribution in [2.75, 3.05) is 0 Å². The number of allylic oxidation sites excluding steroid dienone is 2. The summed E-state index contributed by atoms with van der Waals surface area (Å²) in [5, 5.41) is 24.1. The summed E-state index contributed by atoms with van der Waals surface area (Å²) in [6.45, 7) is 4.01. The zero-order valence-corrected chi connectivity index (χ0v) is 15.4. The maximum Gasteiger partial charge on any atom is 0.263 e. The molecule has 4 rings (SSSR count). The van der Waals surface area contributed by atoms with Crippen LogP contribution in [0.25, 0.3) is 11.3 Å². The van der Waals surface area contributed by atoms with Gasteiger partial charge in [-0.3, -0.25) is 14.7 Å². The van der Waals surface area contributed by atoms with E-state index in [9.17, 15) is 15.3 Å². The lowest BCUT2D eigenvalue weighted by molar-refractivity contribution is -0.962. The maximum absolute atomic E-state index is 12.4. The molecule has 0 bridgehead atoms. The number of carbonyl (C=O) groups excluding carboxylic acids is 1. The molecule has 134 valence electrons. The smallest absolute Gasteiger partial charge is 0.263 e. The Morgan fingerprint density at radius 2 is 2.19 bits per heavy atom. The molecule has 3 unspecified atom stereocenters. The standard InChI is InChI=1S/C19H22N5O2/c1-11-15-6-5-14-16(13-9-22(3)24(26)10-13)23(4)21-18(14)19(15,2)7-12(8-20)17(11)25/h7,9-11,15,26H,5-6H2,1-4H3/q+1. The summed E-state index contributed by atoms with van der Waals surface area (Å²) in [5.74, 6) is -0.102. The molecule has 0 fully saturated rings. The molecule has 2 aliphatic rings. The van der Waals surface area contributed by atoms with E-state index in [4.69, 9.17) is 5.10 Å². The van der Waals surface area contributed by atoms with Gasteiger partial charge in [-0.25, -0.2) is 0 Å². The van der Waals surface area contributed by atoms with Crippen LogP contribution in [0.5, 0.6) is 0 Å². The molecule has 0 saturated heterocycles.